The van der Waals surface area contributed by atoms with E-state index in [1.165, 1.54) is 0 Å². The lowest BCUT2D eigenvalue weighted by atomic mass is 9.88. The number of para-hydroxylation sites is 2. The molecule has 1 aromatic carbocycles. The molecule has 0 saturated carbocycles. The van der Waals surface area contributed by atoms with Gasteiger partial charge in [0.2, 0.25) is 5.91 Å². The highest BCUT2D eigenvalue weighted by atomic mass is 16.5. The Kier molecular flexibility index (Phi) is 3.59. The van der Waals surface area contributed by atoms with Crippen LogP contribution in [0.3, 0.4) is 0 Å². The van der Waals surface area contributed by atoms with Crippen molar-refractivity contribution < 1.29 is 9.53 Å². The first kappa shape index (κ1) is 15.1. The van der Waals surface area contributed by atoms with Crippen LogP contribution in [0.2, 0.25) is 0 Å². The fraction of sp³-hybridized carbons (Fsp3) is 0.526. The van der Waals surface area contributed by atoms with E-state index in [1.54, 1.807) is 0 Å². The van der Waals surface area contributed by atoms with Crippen molar-refractivity contribution in [3.63, 3.8) is 0 Å². The first-order chi connectivity index (χ1) is 12.3. The predicted molar refractivity (Wildman–Crippen MR) is 95.6 cm³/mol. The molecule has 6 nitrogen and oxygen atoms in total. The fourth-order valence-electron chi connectivity index (χ4n) is 4.35. The van der Waals surface area contributed by atoms with Crippen molar-refractivity contribution in [2.75, 3.05) is 23.3 Å². The summed E-state index contributed by atoms with van der Waals surface area (Å²) in [5.74, 6) is 1.36. The molecule has 6 heteroatoms. The van der Waals surface area contributed by atoms with E-state index in [4.69, 9.17) is 14.7 Å². The standard InChI is InChI=1S/C19H22N4O2/c24-19(13-11-12-7-8-16(13)25-12)22-17-18(23-9-3-4-10-23)21-15-6-2-1-5-14(15)20-17/h1-2,5-6,12-13,16H,3-4,7-11H2,(H,20,22,24)/t12-,13-,16-/m1/s1. The van der Waals surface area contributed by atoms with Crippen LogP contribution in [-0.4, -0.2) is 41.2 Å². The minimum Gasteiger partial charge on any atom is -0.374 e. The molecule has 1 N–H and O–H groups in total. The van der Waals surface area contributed by atoms with Gasteiger partial charge >= 0.3 is 0 Å². The number of hydrogen-bond donors (Lipinski definition) is 1. The quantitative estimate of drug-likeness (QED) is 0.932. The third-order valence-electron chi connectivity index (χ3n) is 5.64. The second kappa shape index (κ2) is 5.95. The molecule has 5 rings (SSSR count). The Morgan fingerprint density at radius 2 is 1.88 bits per heavy atom. The largest absolute Gasteiger partial charge is 0.374 e. The summed E-state index contributed by atoms with van der Waals surface area (Å²) in [6, 6.07) is 7.82. The monoisotopic (exact) mass is 338 g/mol. The van der Waals surface area contributed by atoms with Gasteiger partial charge in [-0.1, -0.05) is 12.1 Å². The summed E-state index contributed by atoms with van der Waals surface area (Å²) in [5.41, 5.74) is 1.68. The van der Waals surface area contributed by atoms with Crippen molar-refractivity contribution in [3.8, 4) is 0 Å². The molecule has 1 aromatic heterocycles. The van der Waals surface area contributed by atoms with Gasteiger partial charge in [0.25, 0.3) is 0 Å². The van der Waals surface area contributed by atoms with Gasteiger partial charge in [0.05, 0.1) is 29.2 Å². The van der Waals surface area contributed by atoms with Crippen molar-refractivity contribution in [2.24, 2.45) is 5.92 Å². The van der Waals surface area contributed by atoms with Crippen LogP contribution in [0.1, 0.15) is 32.1 Å². The third kappa shape index (κ3) is 2.65. The molecule has 130 valence electrons. The van der Waals surface area contributed by atoms with Crippen molar-refractivity contribution in [3.05, 3.63) is 24.3 Å². The number of aromatic nitrogens is 2. The van der Waals surface area contributed by atoms with Crippen LogP contribution < -0.4 is 10.2 Å². The zero-order valence-electron chi connectivity index (χ0n) is 14.1. The molecular formula is C19H22N4O2. The number of nitrogens with zero attached hydrogens (tertiary/aromatic N) is 3. The molecule has 0 radical (unpaired) electrons. The van der Waals surface area contributed by atoms with Crippen LogP contribution >= 0.6 is 0 Å². The Morgan fingerprint density at radius 3 is 2.56 bits per heavy atom. The zero-order chi connectivity index (χ0) is 16.8. The molecule has 1 amide bonds. The molecule has 2 bridgehead atoms. The maximum absolute atomic E-state index is 12.8. The summed E-state index contributed by atoms with van der Waals surface area (Å²) in [6.07, 6.45) is 5.56. The number of anilines is 2. The highest BCUT2D eigenvalue weighted by molar-refractivity contribution is 5.96. The van der Waals surface area contributed by atoms with Gasteiger partial charge in [0, 0.05) is 13.1 Å². The van der Waals surface area contributed by atoms with Gasteiger partial charge in [-0.2, -0.15) is 0 Å². The number of amides is 1. The molecular weight excluding hydrogens is 316 g/mol. The Bertz CT molecular complexity index is 818. The summed E-state index contributed by atoms with van der Waals surface area (Å²) in [7, 11) is 0. The molecule has 3 atom stereocenters. The van der Waals surface area contributed by atoms with E-state index >= 15 is 0 Å². The molecule has 25 heavy (non-hydrogen) atoms. The molecule has 3 saturated heterocycles. The van der Waals surface area contributed by atoms with Crippen molar-refractivity contribution in [1.29, 1.82) is 0 Å². The Balaban J connectivity index is 1.48. The maximum atomic E-state index is 12.8. The summed E-state index contributed by atoms with van der Waals surface area (Å²) in [6.45, 7) is 1.93. The van der Waals surface area contributed by atoms with Crippen LogP contribution in [0.4, 0.5) is 11.6 Å². The molecule has 3 aliphatic heterocycles. The topological polar surface area (TPSA) is 67.4 Å². The number of benzene rings is 1. The number of carbonyl (C=O) groups is 1. The van der Waals surface area contributed by atoms with E-state index < -0.39 is 0 Å². The van der Waals surface area contributed by atoms with E-state index in [-0.39, 0.29) is 24.0 Å². The van der Waals surface area contributed by atoms with E-state index in [0.29, 0.717) is 5.82 Å². The smallest absolute Gasteiger partial charge is 0.231 e. The fourth-order valence-corrected chi connectivity index (χ4v) is 4.35. The minimum absolute atomic E-state index is 0.0252. The third-order valence-corrected chi connectivity index (χ3v) is 5.64. The number of hydrogen-bond acceptors (Lipinski definition) is 5. The van der Waals surface area contributed by atoms with E-state index in [1.807, 2.05) is 24.3 Å². The van der Waals surface area contributed by atoms with Crippen molar-refractivity contribution in [1.82, 2.24) is 9.97 Å². The lowest BCUT2D eigenvalue weighted by Gasteiger charge is -2.22. The van der Waals surface area contributed by atoms with Crippen LogP contribution in [-0.2, 0) is 9.53 Å². The summed E-state index contributed by atoms with van der Waals surface area (Å²) < 4.78 is 5.84. The lowest BCUT2D eigenvalue weighted by molar-refractivity contribution is -0.121. The first-order valence-electron chi connectivity index (χ1n) is 9.26. The maximum Gasteiger partial charge on any atom is 0.231 e. The second-order valence-corrected chi connectivity index (χ2v) is 7.28. The van der Waals surface area contributed by atoms with E-state index in [0.717, 1.165) is 62.0 Å². The summed E-state index contributed by atoms with van der Waals surface area (Å²) in [5, 5.41) is 3.07. The normalized spacial score (nSPS) is 28.0. The van der Waals surface area contributed by atoms with Crippen molar-refractivity contribution >= 4 is 28.6 Å². The predicted octanol–water partition coefficient (Wildman–Crippen LogP) is 2.74. The average Bonchev–Trinajstić information content (AvgIpc) is 3.38. The molecule has 0 unspecified atom stereocenters. The highest BCUT2D eigenvalue weighted by Crippen LogP contribution is 2.39. The first-order valence-corrected chi connectivity index (χ1v) is 9.26. The SMILES string of the molecule is O=C(Nc1nc2ccccc2nc1N1CCCC1)[C@@H]1C[C@H]2CC[C@H]1O2. The van der Waals surface area contributed by atoms with Gasteiger partial charge in [0.1, 0.15) is 0 Å². The van der Waals surface area contributed by atoms with E-state index in [9.17, 15) is 4.79 Å². The Hall–Kier alpha value is -2.21. The Morgan fingerprint density at radius 1 is 1.12 bits per heavy atom. The van der Waals surface area contributed by atoms with Gasteiger partial charge in [-0.25, -0.2) is 9.97 Å². The van der Waals surface area contributed by atoms with Gasteiger partial charge in [-0.05, 0) is 44.2 Å². The number of rotatable bonds is 3. The number of ether oxygens (including phenoxy) is 1. The van der Waals surface area contributed by atoms with Gasteiger partial charge < -0.3 is 15.0 Å². The van der Waals surface area contributed by atoms with Gasteiger partial charge in [0.15, 0.2) is 11.6 Å². The molecule has 3 fully saturated rings. The van der Waals surface area contributed by atoms with Gasteiger partial charge in [-0.15, -0.1) is 0 Å². The lowest BCUT2D eigenvalue weighted by Crippen LogP contribution is -2.32. The number of carbonyl (C=O) groups excluding carboxylic acids is 1. The number of fused-ring (bicyclic) bond motifs is 3. The minimum atomic E-state index is -0.0570. The molecule has 4 heterocycles. The molecule has 0 aliphatic carbocycles. The molecule has 0 spiro atoms. The molecule has 2 aromatic rings. The van der Waals surface area contributed by atoms with Gasteiger partial charge in [-0.3, -0.25) is 4.79 Å². The summed E-state index contributed by atoms with van der Waals surface area (Å²) in [4.78, 5) is 24.6. The van der Waals surface area contributed by atoms with Crippen molar-refractivity contribution in [2.45, 2.75) is 44.3 Å². The number of nitrogens with one attached hydrogen (secondary N) is 1. The molecule has 3 aliphatic rings. The second-order valence-electron chi connectivity index (χ2n) is 7.28. The van der Waals surface area contributed by atoms with Crippen LogP contribution in [0, 0.1) is 5.92 Å². The van der Waals surface area contributed by atoms with E-state index in [2.05, 4.69) is 10.2 Å². The van der Waals surface area contributed by atoms with Crippen LogP contribution in [0.5, 0.6) is 0 Å². The highest BCUT2D eigenvalue weighted by Gasteiger charge is 2.44. The summed E-state index contributed by atoms with van der Waals surface area (Å²) >= 11 is 0. The van der Waals surface area contributed by atoms with Crippen LogP contribution in [0.15, 0.2) is 24.3 Å². The zero-order valence-corrected chi connectivity index (χ0v) is 14.1. The van der Waals surface area contributed by atoms with Crippen LogP contribution in [0.25, 0.3) is 11.0 Å². The Labute approximate surface area is 146 Å². The average molecular weight is 338 g/mol.